The van der Waals surface area contributed by atoms with E-state index in [9.17, 15) is 10.4 Å². The highest BCUT2D eigenvalue weighted by atomic mass is 16.3. The number of aliphatic hydroxyl groups is 1. The van der Waals surface area contributed by atoms with Crippen LogP contribution >= 0.6 is 0 Å². The largest absolute Gasteiger partial charge is 0.392 e. The van der Waals surface area contributed by atoms with Gasteiger partial charge in [-0.25, -0.2) is 4.68 Å². The lowest BCUT2D eigenvalue weighted by Crippen LogP contribution is -2.05. The van der Waals surface area contributed by atoms with E-state index >= 15 is 0 Å². The van der Waals surface area contributed by atoms with Gasteiger partial charge < -0.3 is 5.11 Å². The molecule has 0 aliphatic rings. The van der Waals surface area contributed by atoms with Crippen LogP contribution in [0, 0.1) is 25.2 Å². The minimum Gasteiger partial charge on any atom is -0.392 e. The van der Waals surface area contributed by atoms with Gasteiger partial charge in [0.1, 0.15) is 5.52 Å². The molecule has 0 saturated carbocycles. The van der Waals surface area contributed by atoms with Gasteiger partial charge in [0.2, 0.25) is 0 Å². The first kappa shape index (κ1) is 16.2. The monoisotopic (exact) mass is 320 g/mol. The molecule has 1 unspecified atom stereocenters. The van der Waals surface area contributed by atoms with Crippen molar-refractivity contribution in [3.8, 4) is 6.07 Å². The molecular formula is C19H20N4O. The minimum atomic E-state index is -0.0488. The topological polar surface area (TPSA) is 74.7 Å². The maximum atomic E-state index is 9.54. The van der Waals surface area contributed by atoms with E-state index in [1.165, 1.54) is 0 Å². The number of nitriles is 1. The van der Waals surface area contributed by atoms with Crippen LogP contribution < -0.4 is 0 Å². The maximum absolute atomic E-state index is 9.54. The Morgan fingerprint density at radius 1 is 1.25 bits per heavy atom. The highest BCUT2D eigenvalue weighted by molar-refractivity contribution is 5.79. The van der Waals surface area contributed by atoms with Crippen molar-refractivity contribution in [2.45, 2.75) is 32.8 Å². The average molecular weight is 320 g/mol. The lowest BCUT2D eigenvalue weighted by Gasteiger charge is -2.19. The molecule has 0 saturated heterocycles. The van der Waals surface area contributed by atoms with Crippen LogP contribution in [0.5, 0.6) is 0 Å². The zero-order chi connectivity index (χ0) is 17.3. The lowest BCUT2D eigenvalue weighted by molar-refractivity contribution is 0.281. The fourth-order valence-corrected chi connectivity index (χ4v) is 3.20. The Bertz CT molecular complexity index is 936. The van der Waals surface area contributed by atoms with Crippen molar-refractivity contribution >= 4 is 11.0 Å². The van der Waals surface area contributed by atoms with Crippen LogP contribution in [0.3, 0.4) is 0 Å². The fraction of sp³-hybridized carbons (Fsp3) is 0.316. The predicted octanol–water partition coefficient (Wildman–Crippen LogP) is 3.12. The van der Waals surface area contributed by atoms with Gasteiger partial charge in [0.25, 0.3) is 0 Å². The van der Waals surface area contributed by atoms with Crippen LogP contribution in [0.4, 0.5) is 0 Å². The summed E-state index contributed by atoms with van der Waals surface area (Å²) in [5.74, 6) is -0.0488. The van der Waals surface area contributed by atoms with Crippen molar-refractivity contribution in [2.24, 2.45) is 7.05 Å². The minimum absolute atomic E-state index is 0.00112. The van der Waals surface area contributed by atoms with E-state index in [1.807, 2.05) is 45.2 Å². The highest BCUT2D eigenvalue weighted by Crippen LogP contribution is 2.33. The van der Waals surface area contributed by atoms with Crippen molar-refractivity contribution < 1.29 is 5.11 Å². The molecule has 5 nitrogen and oxygen atoms in total. The Hall–Kier alpha value is -2.71. The molecule has 122 valence electrons. The molecule has 0 aliphatic carbocycles. The Morgan fingerprint density at radius 3 is 2.75 bits per heavy atom. The maximum Gasteiger partial charge on any atom is 0.116 e. The number of aromatic nitrogens is 3. The number of benzene rings is 2. The zero-order valence-corrected chi connectivity index (χ0v) is 14.1. The Balaban J connectivity index is 2.15. The smallest absolute Gasteiger partial charge is 0.116 e. The number of nitrogens with zero attached hydrogens (tertiary/aromatic N) is 4. The van der Waals surface area contributed by atoms with Crippen LogP contribution in [-0.2, 0) is 13.7 Å². The third kappa shape index (κ3) is 2.66. The Morgan fingerprint density at radius 2 is 2.04 bits per heavy atom. The first-order valence-electron chi connectivity index (χ1n) is 7.93. The van der Waals surface area contributed by atoms with Crippen LogP contribution in [0.15, 0.2) is 30.3 Å². The summed E-state index contributed by atoms with van der Waals surface area (Å²) in [4.78, 5) is 0. The summed E-state index contributed by atoms with van der Waals surface area (Å²) >= 11 is 0. The predicted molar refractivity (Wildman–Crippen MR) is 92.4 cm³/mol. The molecule has 2 aromatic carbocycles. The summed E-state index contributed by atoms with van der Waals surface area (Å²) in [5.41, 5.74) is 6.97. The number of rotatable bonds is 4. The van der Waals surface area contributed by atoms with Crippen molar-refractivity contribution in [1.82, 2.24) is 15.0 Å². The number of hydrogen-bond acceptors (Lipinski definition) is 4. The van der Waals surface area contributed by atoms with Crippen LogP contribution in [-0.4, -0.2) is 20.1 Å². The van der Waals surface area contributed by atoms with Crippen LogP contribution in [0.25, 0.3) is 11.0 Å². The van der Waals surface area contributed by atoms with Gasteiger partial charge >= 0.3 is 0 Å². The normalized spacial score (nSPS) is 12.3. The Labute approximate surface area is 141 Å². The molecule has 1 aromatic heterocycles. The fourth-order valence-electron chi connectivity index (χ4n) is 3.20. The van der Waals surface area contributed by atoms with E-state index in [-0.39, 0.29) is 12.5 Å². The second kappa shape index (κ2) is 6.42. The summed E-state index contributed by atoms with van der Waals surface area (Å²) < 4.78 is 1.75. The van der Waals surface area contributed by atoms with Gasteiger partial charge in [-0.1, -0.05) is 29.5 Å². The van der Waals surface area contributed by atoms with E-state index in [4.69, 9.17) is 0 Å². The van der Waals surface area contributed by atoms with Gasteiger partial charge in [-0.05, 0) is 47.7 Å². The van der Waals surface area contributed by atoms with E-state index in [0.717, 1.165) is 38.9 Å². The SMILES string of the molecule is Cc1ccc(C(CC#N)c2ccc3c(nnn3C)c2C)cc1CO. The van der Waals surface area contributed by atoms with Crippen molar-refractivity contribution in [2.75, 3.05) is 0 Å². The van der Waals surface area contributed by atoms with Gasteiger partial charge in [0.05, 0.1) is 18.2 Å². The van der Waals surface area contributed by atoms with Crippen molar-refractivity contribution in [1.29, 1.82) is 5.26 Å². The van der Waals surface area contributed by atoms with Gasteiger partial charge in [-0.2, -0.15) is 5.26 Å². The molecule has 3 rings (SSSR count). The molecule has 0 radical (unpaired) electrons. The standard InChI is InChI=1S/C19H20N4O/c1-12-4-5-14(10-15(12)11-24)17(8-9-20)16-6-7-18-19(13(16)2)21-22-23(18)3/h4-7,10,17,24H,8,11H2,1-3H3. The highest BCUT2D eigenvalue weighted by Gasteiger charge is 2.19. The average Bonchev–Trinajstić information content (AvgIpc) is 2.96. The van der Waals surface area contributed by atoms with E-state index < -0.39 is 0 Å². The molecule has 0 amide bonds. The molecule has 1 heterocycles. The number of aryl methyl sites for hydroxylation is 3. The molecule has 0 spiro atoms. The summed E-state index contributed by atoms with van der Waals surface area (Å²) in [5, 5.41) is 27.2. The number of aliphatic hydroxyl groups excluding tert-OH is 1. The first-order chi connectivity index (χ1) is 11.6. The lowest BCUT2D eigenvalue weighted by atomic mass is 9.85. The third-order valence-corrected chi connectivity index (χ3v) is 4.70. The van der Waals surface area contributed by atoms with Crippen molar-refractivity contribution in [3.63, 3.8) is 0 Å². The summed E-state index contributed by atoms with van der Waals surface area (Å²) in [6.45, 7) is 4.00. The van der Waals surface area contributed by atoms with Crippen LogP contribution in [0.1, 0.15) is 40.2 Å². The second-order valence-corrected chi connectivity index (χ2v) is 6.12. The van der Waals surface area contributed by atoms with Gasteiger partial charge in [-0.3, -0.25) is 0 Å². The van der Waals surface area contributed by atoms with Gasteiger partial charge in [0, 0.05) is 19.4 Å². The Kier molecular flexibility index (Phi) is 4.32. The molecule has 5 heteroatoms. The van der Waals surface area contributed by atoms with Gasteiger partial charge in [-0.15, -0.1) is 5.10 Å². The van der Waals surface area contributed by atoms with E-state index in [2.05, 4.69) is 22.4 Å². The van der Waals surface area contributed by atoms with E-state index in [0.29, 0.717) is 6.42 Å². The number of fused-ring (bicyclic) bond motifs is 1. The molecule has 1 N–H and O–H groups in total. The van der Waals surface area contributed by atoms with E-state index in [1.54, 1.807) is 4.68 Å². The van der Waals surface area contributed by atoms with Crippen LogP contribution in [0.2, 0.25) is 0 Å². The molecular weight excluding hydrogens is 300 g/mol. The third-order valence-electron chi connectivity index (χ3n) is 4.70. The van der Waals surface area contributed by atoms with Crippen molar-refractivity contribution in [3.05, 3.63) is 58.1 Å². The molecule has 0 bridgehead atoms. The summed E-state index contributed by atoms with van der Waals surface area (Å²) in [6.07, 6.45) is 0.376. The quantitative estimate of drug-likeness (QED) is 0.801. The molecule has 0 aliphatic heterocycles. The molecule has 24 heavy (non-hydrogen) atoms. The molecule has 1 atom stereocenters. The second-order valence-electron chi connectivity index (χ2n) is 6.12. The summed E-state index contributed by atoms with van der Waals surface area (Å²) in [6, 6.07) is 12.4. The summed E-state index contributed by atoms with van der Waals surface area (Å²) in [7, 11) is 1.87. The first-order valence-corrected chi connectivity index (χ1v) is 7.93. The molecule has 3 aromatic rings. The van der Waals surface area contributed by atoms with Gasteiger partial charge in [0.15, 0.2) is 0 Å². The molecule has 0 fully saturated rings. The zero-order valence-electron chi connectivity index (χ0n) is 14.1. The number of hydrogen-bond donors (Lipinski definition) is 1.